The monoisotopic (exact) mass is 206 g/mol. The molecule has 4 N–H and O–H groups in total. The topological polar surface area (TPSA) is 75.3 Å². The lowest BCUT2D eigenvalue weighted by atomic mass is 10.0. The molecule has 0 saturated carbocycles. The van der Waals surface area contributed by atoms with E-state index in [2.05, 4.69) is 5.32 Å². The summed E-state index contributed by atoms with van der Waals surface area (Å²) in [5.74, 6) is -0.101. The van der Waals surface area contributed by atoms with Crippen LogP contribution in [0.5, 0.6) is 0 Å². The summed E-state index contributed by atoms with van der Waals surface area (Å²) < 4.78 is 0. The first-order chi connectivity index (χ1) is 7.20. The van der Waals surface area contributed by atoms with Gasteiger partial charge in [-0.3, -0.25) is 4.79 Å². The maximum Gasteiger partial charge on any atom is 0.223 e. The fraction of sp³-hybridized carbons (Fsp3) is 0.364. The SMILES string of the molecule is NCc1ccc(C2NC(=O)CC2O)cc1. The lowest BCUT2D eigenvalue weighted by Gasteiger charge is -2.14. The molecule has 4 nitrogen and oxygen atoms in total. The van der Waals surface area contributed by atoms with Crippen LogP contribution in [0.15, 0.2) is 24.3 Å². The highest BCUT2D eigenvalue weighted by atomic mass is 16.3. The van der Waals surface area contributed by atoms with E-state index < -0.39 is 6.10 Å². The first-order valence-corrected chi connectivity index (χ1v) is 4.97. The molecule has 4 heteroatoms. The Balaban J connectivity index is 2.19. The van der Waals surface area contributed by atoms with Crippen molar-refractivity contribution in [1.82, 2.24) is 5.32 Å². The van der Waals surface area contributed by atoms with Gasteiger partial charge < -0.3 is 16.2 Å². The first-order valence-electron chi connectivity index (χ1n) is 4.97. The quantitative estimate of drug-likeness (QED) is 0.641. The third-order valence-corrected chi connectivity index (χ3v) is 2.67. The predicted octanol–water partition coefficient (Wildman–Crippen LogP) is 0.0672. The number of hydrogen-bond acceptors (Lipinski definition) is 3. The summed E-state index contributed by atoms with van der Waals surface area (Å²) in [5, 5.41) is 12.4. The van der Waals surface area contributed by atoms with E-state index in [1.54, 1.807) is 0 Å². The Labute approximate surface area is 88.1 Å². The van der Waals surface area contributed by atoms with Crippen LogP contribution in [0.25, 0.3) is 0 Å². The summed E-state index contributed by atoms with van der Waals surface area (Å²) in [6.45, 7) is 0.500. The Bertz CT molecular complexity index is 361. The summed E-state index contributed by atoms with van der Waals surface area (Å²) in [6.07, 6.45) is -0.440. The number of carbonyl (C=O) groups is 1. The maximum absolute atomic E-state index is 11.1. The van der Waals surface area contributed by atoms with Crippen molar-refractivity contribution < 1.29 is 9.90 Å². The number of aliphatic hydroxyl groups excluding tert-OH is 1. The van der Waals surface area contributed by atoms with Crippen LogP contribution in [-0.4, -0.2) is 17.1 Å². The zero-order chi connectivity index (χ0) is 10.8. The van der Waals surface area contributed by atoms with Crippen molar-refractivity contribution in [3.63, 3.8) is 0 Å². The number of nitrogens with one attached hydrogen (secondary N) is 1. The molecule has 1 aromatic carbocycles. The van der Waals surface area contributed by atoms with Crippen molar-refractivity contribution >= 4 is 5.91 Å². The summed E-state index contributed by atoms with van der Waals surface area (Å²) in [5.41, 5.74) is 7.44. The van der Waals surface area contributed by atoms with Gasteiger partial charge in [-0.25, -0.2) is 0 Å². The Kier molecular flexibility index (Phi) is 2.70. The van der Waals surface area contributed by atoms with Gasteiger partial charge in [0, 0.05) is 6.54 Å². The minimum atomic E-state index is -0.624. The predicted molar refractivity (Wildman–Crippen MR) is 55.8 cm³/mol. The van der Waals surface area contributed by atoms with E-state index in [-0.39, 0.29) is 18.4 Å². The molecule has 0 radical (unpaired) electrons. The highest BCUT2D eigenvalue weighted by Gasteiger charge is 2.31. The molecular weight excluding hydrogens is 192 g/mol. The molecule has 2 atom stereocenters. The van der Waals surface area contributed by atoms with Crippen molar-refractivity contribution in [3.8, 4) is 0 Å². The van der Waals surface area contributed by atoms with Gasteiger partial charge in [0.2, 0.25) is 5.91 Å². The third-order valence-electron chi connectivity index (χ3n) is 2.67. The second-order valence-electron chi connectivity index (χ2n) is 3.76. The molecule has 1 saturated heterocycles. The van der Waals surface area contributed by atoms with Crippen LogP contribution < -0.4 is 11.1 Å². The largest absolute Gasteiger partial charge is 0.390 e. The molecule has 80 valence electrons. The minimum Gasteiger partial charge on any atom is -0.390 e. The highest BCUT2D eigenvalue weighted by molar-refractivity contribution is 5.79. The van der Waals surface area contributed by atoms with Crippen LogP contribution in [0.2, 0.25) is 0 Å². The number of aliphatic hydroxyl groups is 1. The smallest absolute Gasteiger partial charge is 0.223 e. The van der Waals surface area contributed by atoms with Crippen molar-refractivity contribution in [2.75, 3.05) is 0 Å². The molecule has 1 aliphatic rings. The van der Waals surface area contributed by atoms with Crippen LogP contribution in [-0.2, 0) is 11.3 Å². The lowest BCUT2D eigenvalue weighted by molar-refractivity contribution is -0.119. The second kappa shape index (κ2) is 4.00. The molecule has 1 aromatic rings. The van der Waals surface area contributed by atoms with Gasteiger partial charge in [0.15, 0.2) is 0 Å². The summed E-state index contributed by atoms with van der Waals surface area (Å²) in [7, 11) is 0. The highest BCUT2D eigenvalue weighted by Crippen LogP contribution is 2.24. The molecule has 1 amide bonds. The number of nitrogens with two attached hydrogens (primary N) is 1. The van der Waals surface area contributed by atoms with E-state index in [9.17, 15) is 9.90 Å². The summed E-state index contributed by atoms with van der Waals surface area (Å²) >= 11 is 0. The van der Waals surface area contributed by atoms with Gasteiger partial charge >= 0.3 is 0 Å². The lowest BCUT2D eigenvalue weighted by Crippen LogP contribution is -2.22. The molecule has 2 unspecified atom stereocenters. The van der Waals surface area contributed by atoms with Crippen LogP contribution in [0.4, 0.5) is 0 Å². The number of rotatable bonds is 2. The van der Waals surface area contributed by atoms with Gasteiger partial charge in [0.1, 0.15) is 0 Å². The van der Waals surface area contributed by atoms with Gasteiger partial charge in [-0.15, -0.1) is 0 Å². The standard InChI is InChI=1S/C11H14N2O2/c12-6-7-1-3-8(4-2-7)11-9(14)5-10(15)13-11/h1-4,9,11,14H,5-6,12H2,(H,13,15). The average Bonchev–Trinajstić information content (AvgIpc) is 2.58. The third kappa shape index (κ3) is 2.00. The summed E-state index contributed by atoms with van der Waals surface area (Å²) in [4.78, 5) is 11.1. The average molecular weight is 206 g/mol. The molecule has 2 rings (SSSR count). The van der Waals surface area contributed by atoms with Gasteiger partial charge in [-0.1, -0.05) is 24.3 Å². The van der Waals surface area contributed by atoms with Crippen molar-refractivity contribution in [2.45, 2.75) is 25.1 Å². The van der Waals surface area contributed by atoms with E-state index in [4.69, 9.17) is 5.73 Å². The van der Waals surface area contributed by atoms with E-state index >= 15 is 0 Å². The van der Waals surface area contributed by atoms with E-state index in [1.807, 2.05) is 24.3 Å². The minimum absolute atomic E-state index is 0.101. The van der Waals surface area contributed by atoms with Gasteiger partial charge in [-0.2, -0.15) is 0 Å². The Morgan fingerprint density at radius 1 is 1.40 bits per heavy atom. The van der Waals surface area contributed by atoms with Crippen LogP contribution in [0.1, 0.15) is 23.6 Å². The Morgan fingerprint density at radius 2 is 2.07 bits per heavy atom. The van der Waals surface area contributed by atoms with Crippen LogP contribution in [0, 0.1) is 0 Å². The molecule has 0 aliphatic carbocycles. The van der Waals surface area contributed by atoms with Crippen molar-refractivity contribution in [3.05, 3.63) is 35.4 Å². The van der Waals surface area contributed by atoms with E-state index in [1.165, 1.54) is 0 Å². The molecule has 0 aromatic heterocycles. The number of amides is 1. The number of benzene rings is 1. The fourth-order valence-electron chi connectivity index (χ4n) is 1.80. The zero-order valence-corrected chi connectivity index (χ0v) is 8.31. The zero-order valence-electron chi connectivity index (χ0n) is 8.31. The Morgan fingerprint density at radius 3 is 2.53 bits per heavy atom. The Hall–Kier alpha value is -1.39. The molecule has 0 bridgehead atoms. The summed E-state index contributed by atoms with van der Waals surface area (Å²) in [6, 6.07) is 7.33. The molecule has 15 heavy (non-hydrogen) atoms. The van der Waals surface area contributed by atoms with Crippen molar-refractivity contribution in [1.29, 1.82) is 0 Å². The number of hydrogen-bond donors (Lipinski definition) is 3. The van der Waals surface area contributed by atoms with Crippen molar-refractivity contribution in [2.24, 2.45) is 5.73 Å². The van der Waals surface area contributed by atoms with E-state index in [0.717, 1.165) is 11.1 Å². The molecular formula is C11H14N2O2. The molecule has 0 spiro atoms. The molecule has 1 fully saturated rings. The van der Waals surface area contributed by atoms with Gasteiger partial charge in [0.25, 0.3) is 0 Å². The maximum atomic E-state index is 11.1. The second-order valence-corrected chi connectivity index (χ2v) is 3.76. The normalized spacial score (nSPS) is 25.3. The van der Waals surface area contributed by atoms with Crippen LogP contribution in [0.3, 0.4) is 0 Å². The van der Waals surface area contributed by atoms with Crippen LogP contribution >= 0.6 is 0 Å². The number of carbonyl (C=O) groups excluding carboxylic acids is 1. The molecule has 1 aliphatic heterocycles. The fourth-order valence-corrected chi connectivity index (χ4v) is 1.80. The van der Waals surface area contributed by atoms with Gasteiger partial charge in [0.05, 0.1) is 18.6 Å². The first kappa shape index (κ1) is 10.1. The molecule has 1 heterocycles. The van der Waals surface area contributed by atoms with Gasteiger partial charge in [-0.05, 0) is 11.1 Å². The van der Waals surface area contributed by atoms with E-state index in [0.29, 0.717) is 6.54 Å².